The molecular weight excluding hydrogens is 459 g/mol. The second kappa shape index (κ2) is 10.7. The monoisotopic (exact) mass is 489 g/mol. The molecule has 188 valence electrons. The molecule has 4 rings (SSSR count). The van der Waals surface area contributed by atoms with Crippen molar-refractivity contribution in [2.75, 3.05) is 63.2 Å². The van der Waals surface area contributed by atoms with Gasteiger partial charge in [0, 0.05) is 50.0 Å². The lowest BCUT2D eigenvalue weighted by molar-refractivity contribution is -0.137. The Hall–Kier alpha value is -3.10. The standard InChI is InChI=1S/C24H30F3N7O/c1-32(2)13-14-35-23-30-20-16-33(21-6-4-3-5-19(21)24(25,26)27)11-8-18(20)22(31-23)34-12-10-29-17(15-34)7-9-28/h3-6,17,29H,7-8,10-16H2,1-2H3. The van der Waals surface area contributed by atoms with Gasteiger partial charge in [-0.2, -0.15) is 28.4 Å². The van der Waals surface area contributed by atoms with E-state index in [4.69, 9.17) is 15.0 Å². The number of hydrogen-bond acceptors (Lipinski definition) is 8. The van der Waals surface area contributed by atoms with Crippen LogP contribution in [0.15, 0.2) is 24.3 Å². The van der Waals surface area contributed by atoms with Crippen molar-refractivity contribution in [3.05, 3.63) is 41.1 Å². The van der Waals surface area contributed by atoms with E-state index >= 15 is 0 Å². The molecule has 35 heavy (non-hydrogen) atoms. The number of nitrogens with one attached hydrogen (secondary N) is 1. The number of nitrogens with zero attached hydrogens (tertiary/aromatic N) is 6. The highest BCUT2D eigenvalue weighted by Gasteiger charge is 2.36. The summed E-state index contributed by atoms with van der Waals surface area (Å²) in [4.78, 5) is 15.2. The average molecular weight is 490 g/mol. The third-order valence-electron chi connectivity index (χ3n) is 6.24. The van der Waals surface area contributed by atoms with Crippen LogP contribution in [0.1, 0.15) is 23.2 Å². The Kier molecular flexibility index (Phi) is 7.62. The first-order valence-corrected chi connectivity index (χ1v) is 11.7. The summed E-state index contributed by atoms with van der Waals surface area (Å²) in [5.41, 5.74) is 1.11. The molecule has 1 saturated heterocycles. The van der Waals surface area contributed by atoms with Crippen LogP contribution >= 0.6 is 0 Å². The zero-order chi connectivity index (χ0) is 25.0. The zero-order valence-corrected chi connectivity index (χ0v) is 20.0. The topological polar surface area (TPSA) is 80.5 Å². The molecule has 3 heterocycles. The van der Waals surface area contributed by atoms with Crippen LogP contribution in [0.25, 0.3) is 0 Å². The quantitative estimate of drug-likeness (QED) is 0.636. The molecule has 8 nitrogen and oxygen atoms in total. The molecule has 1 fully saturated rings. The smallest absolute Gasteiger partial charge is 0.418 e. The molecule has 0 saturated carbocycles. The van der Waals surface area contributed by atoms with E-state index in [1.165, 1.54) is 12.1 Å². The first-order valence-electron chi connectivity index (χ1n) is 11.7. The van der Waals surface area contributed by atoms with Gasteiger partial charge in [-0.1, -0.05) is 12.1 Å². The largest absolute Gasteiger partial charge is 0.462 e. The Morgan fingerprint density at radius 1 is 1.20 bits per heavy atom. The van der Waals surface area contributed by atoms with Crippen molar-refractivity contribution in [1.82, 2.24) is 20.2 Å². The van der Waals surface area contributed by atoms with Crippen LogP contribution in [0, 0.1) is 11.3 Å². The molecule has 2 aliphatic heterocycles. The summed E-state index contributed by atoms with van der Waals surface area (Å²) < 4.78 is 46.8. The number of aromatic nitrogens is 2. The fraction of sp³-hybridized carbons (Fsp3) is 0.542. The van der Waals surface area contributed by atoms with E-state index in [0.29, 0.717) is 57.9 Å². The highest BCUT2D eigenvalue weighted by atomic mass is 19.4. The van der Waals surface area contributed by atoms with E-state index in [0.717, 1.165) is 17.4 Å². The minimum Gasteiger partial charge on any atom is -0.462 e. The molecule has 1 N–H and O–H groups in total. The molecule has 11 heteroatoms. The number of alkyl halides is 3. The number of para-hydroxylation sites is 1. The van der Waals surface area contributed by atoms with Gasteiger partial charge < -0.3 is 24.8 Å². The van der Waals surface area contributed by atoms with Crippen LogP contribution < -0.4 is 19.9 Å². The highest BCUT2D eigenvalue weighted by molar-refractivity contribution is 5.59. The van der Waals surface area contributed by atoms with E-state index in [9.17, 15) is 13.2 Å². The molecule has 1 atom stereocenters. The van der Waals surface area contributed by atoms with Crippen molar-refractivity contribution >= 4 is 11.5 Å². The summed E-state index contributed by atoms with van der Waals surface area (Å²) in [6, 6.07) is 8.11. The van der Waals surface area contributed by atoms with E-state index in [1.807, 2.05) is 19.0 Å². The number of nitriles is 1. The maximum atomic E-state index is 13.7. The average Bonchev–Trinajstić information content (AvgIpc) is 2.83. The molecule has 0 radical (unpaired) electrons. The molecule has 1 aromatic carbocycles. The zero-order valence-electron chi connectivity index (χ0n) is 20.0. The van der Waals surface area contributed by atoms with Crippen LogP contribution in [0.3, 0.4) is 0 Å². The van der Waals surface area contributed by atoms with Crippen LogP contribution in [-0.2, 0) is 19.1 Å². The Labute approximate surface area is 203 Å². The van der Waals surface area contributed by atoms with Crippen LogP contribution in [0.2, 0.25) is 0 Å². The van der Waals surface area contributed by atoms with Crippen LogP contribution in [0.4, 0.5) is 24.7 Å². The molecule has 0 aliphatic carbocycles. The Morgan fingerprint density at radius 3 is 2.74 bits per heavy atom. The van der Waals surface area contributed by atoms with E-state index < -0.39 is 11.7 Å². The van der Waals surface area contributed by atoms with E-state index in [1.54, 1.807) is 11.0 Å². The Balaban J connectivity index is 1.66. The van der Waals surface area contributed by atoms with Gasteiger partial charge in [-0.3, -0.25) is 0 Å². The van der Waals surface area contributed by atoms with Gasteiger partial charge in [0.1, 0.15) is 12.4 Å². The second-order valence-corrected chi connectivity index (χ2v) is 9.05. The lowest BCUT2D eigenvalue weighted by Gasteiger charge is -2.37. The van der Waals surface area contributed by atoms with Crippen molar-refractivity contribution < 1.29 is 17.9 Å². The first kappa shape index (κ1) is 25.0. The second-order valence-electron chi connectivity index (χ2n) is 9.05. The molecule has 2 aliphatic rings. The fourth-order valence-electron chi connectivity index (χ4n) is 4.49. The van der Waals surface area contributed by atoms with Gasteiger partial charge in [0.25, 0.3) is 0 Å². The summed E-state index contributed by atoms with van der Waals surface area (Å²) >= 11 is 0. The summed E-state index contributed by atoms with van der Waals surface area (Å²) in [6.07, 6.45) is -3.54. The minimum atomic E-state index is -4.44. The van der Waals surface area contributed by atoms with Gasteiger partial charge in [0.05, 0.1) is 30.3 Å². The van der Waals surface area contributed by atoms with Crippen molar-refractivity contribution in [1.29, 1.82) is 5.26 Å². The molecule has 2 aromatic rings. The summed E-state index contributed by atoms with van der Waals surface area (Å²) in [5.74, 6) is 0.753. The summed E-state index contributed by atoms with van der Waals surface area (Å²) in [6.45, 7) is 3.77. The van der Waals surface area contributed by atoms with Crippen molar-refractivity contribution in [2.45, 2.75) is 31.6 Å². The van der Waals surface area contributed by atoms with Gasteiger partial charge in [0.2, 0.25) is 0 Å². The van der Waals surface area contributed by atoms with Gasteiger partial charge in [-0.15, -0.1) is 0 Å². The van der Waals surface area contributed by atoms with Gasteiger partial charge >= 0.3 is 12.2 Å². The molecule has 1 aromatic heterocycles. The van der Waals surface area contributed by atoms with E-state index in [-0.39, 0.29) is 24.3 Å². The third-order valence-corrected chi connectivity index (χ3v) is 6.24. The maximum absolute atomic E-state index is 13.7. The summed E-state index contributed by atoms with van der Waals surface area (Å²) in [7, 11) is 3.88. The van der Waals surface area contributed by atoms with Crippen molar-refractivity contribution in [2.24, 2.45) is 0 Å². The number of halogens is 3. The number of benzene rings is 1. The molecule has 1 unspecified atom stereocenters. The SMILES string of the molecule is CN(C)CCOc1nc2c(c(N3CCNC(CC#N)C3)n1)CCN(c1ccccc1C(F)(F)F)C2. The lowest BCUT2D eigenvalue weighted by atomic mass is 10.0. The number of hydrogen-bond donors (Lipinski definition) is 1. The normalized spacial score (nSPS) is 18.4. The lowest BCUT2D eigenvalue weighted by Crippen LogP contribution is -2.51. The van der Waals surface area contributed by atoms with Gasteiger partial charge in [-0.05, 0) is 32.6 Å². The number of fused-ring (bicyclic) bond motifs is 1. The number of ether oxygens (including phenoxy) is 1. The number of rotatable bonds is 7. The third kappa shape index (κ3) is 5.94. The molecule has 0 bridgehead atoms. The molecule has 0 amide bonds. The Morgan fingerprint density at radius 2 is 2.00 bits per heavy atom. The molecule has 0 spiro atoms. The number of anilines is 2. The van der Waals surface area contributed by atoms with Crippen LogP contribution in [-0.4, -0.2) is 74.3 Å². The van der Waals surface area contributed by atoms with Gasteiger partial charge in [0.15, 0.2) is 0 Å². The van der Waals surface area contributed by atoms with Crippen molar-refractivity contribution in [3.8, 4) is 12.1 Å². The minimum absolute atomic E-state index is 0.0243. The summed E-state index contributed by atoms with van der Waals surface area (Å²) in [5, 5.41) is 12.5. The van der Waals surface area contributed by atoms with E-state index in [2.05, 4.69) is 21.3 Å². The predicted octanol–water partition coefficient (Wildman–Crippen LogP) is 2.69. The Bertz CT molecular complexity index is 1070. The van der Waals surface area contributed by atoms with Crippen molar-refractivity contribution in [3.63, 3.8) is 0 Å². The number of piperazine rings is 1. The highest BCUT2D eigenvalue weighted by Crippen LogP contribution is 2.39. The van der Waals surface area contributed by atoms with Crippen LogP contribution in [0.5, 0.6) is 6.01 Å². The molecular formula is C24H30F3N7O. The maximum Gasteiger partial charge on any atom is 0.418 e. The predicted molar refractivity (Wildman–Crippen MR) is 127 cm³/mol. The fourth-order valence-corrected chi connectivity index (χ4v) is 4.49. The number of likely N-dealkylation sites (N-methyl/N-ethyl adjacent to an activating group) is 1. The van der Waals surface area contributed by atoms with Gasteiger partial charge in [-0.25, -0.2) is 0 Å². The first-order chi connectivity index (χ1) is 16.8.